The molecule has 0 bridgehead atoms. The summed E-state index contributed by atoms with van der Waals surface area (Å²) in [7, 11) is 0. The van der Waals surface area contributed by atoms with Gasteiger partial charge in [-0.15, -0.1) is 16.4 Å². The van der Waals surface area contributed by atoms with Gasteiger partial charge in [-0.3, -0.25) is 0 Å². The van der Waals surface area contributed by atoms with Crippen LogP contribution >= 0.6 is 22.9 Å². The number of hydrogen-bond donors (Lipinski definition) is 1. The van der Waals surface area contributed by atoms with Gasteiger partial charge in [0.05, 0.1) is 15.8 Å². The van der Waals surface area contributed by atoms with E-state index in [1.165, 1.54) is 16.0 Å². The van der Waals surface area contributed by atoms with Crippen molar-refractivity contribution in [1.29, 1.82) is 0 Å². The minimum Gasteiger partial charge on any atom is -0.475 e. The molecule has 0 aliphatic rings. The zero-order valence-corrected chi connectivity index (χ0v) is 14.7. The molecule has 0 aliphatic heterocycles. The lowest BCUT2D eigenvalue weighted by Gasteiger charge is -2.03. The fourth-order valence-corrected chi connectivity index (χ4v) is 3.44. The predicted molar refractivity (Wildman–Crippen MR) is 96.3 cm³/mol. The van der Waals surface area contributed by atoms with Crippen LogP contribution < -0.4 is 0 Å². The van der Waals surface area contributed by atoms with E-state index >= 15 is 0 Å². The molecule has 0 spiro atoms. The van der Waals surface area contributed by atoms with E-state index in [0.717, 1.165) is 10.4 Å². The summed E-state index contributed by atoms with van der Waals surface area (Å²) >= 11 is 7.33. The molecule has 3 aromatic heterocycles. The number of aromatic carboxylic acids is 1. The zero-order valence-electron chi connectivity index (χ0n) is 13.2. The lowest BCUT2D eigenvalue weighted by Crippen LogP contribution is -2.06. The van der Waals surface area contributed by atoms with Crippen LogP contribution in [0.3, 0.4) is 0 Å². The van der Waals surface area contributed by atoms with Gasteiger partial charge in [-0.1, -0.05) is 47.1 Å². The molecule has 130 valence electrons. The van der Waals surface area contributed by atoms with Crippen LogP contribution in [0, 0.1) is 0 Å². The van der Waals surface area contributed by atoms with Crippen LogP contribution in [0.25, 0.3) is 22.0 Å². The van der Waals surface area contributed by atoms with Gasteiger partial charge in [0.15, 0.2) is 11.6 Å². The number of carbonyl (C=O) groups is 1. The summed E-state index contributed by atoms with van der Waals surface area (Å²) < 4.78 is 7.52. The first kappa shape index (κ1) is 16.5. The summed E-state index contributed by atoms with van der Waals surface area (Å²) in [5.74, 6) is -0.406. The molecular weight excluding hydrogens is 376 g/mol. The summed E-state index contributed by atoms with van der Waals surface area (Å²) in [6, 6.07) is 14.7. The van der Waals surface area contributed by atoms with Crippen molar-refractivity contribution in [2.45, 2.75) is 6.54 Å². The van der Waals surface area contributed by atoms with E-state index < -0.39 is 5.97 Å². The molecule has 0 amide bonds. The highest BCUT2D eigenvalue weighted by Gasteiger charge is 2.18. The second-order valence-electron chi connectivity index (χ2n) is 5.37. The zero-order chi connectivity index (χ0) is 18.1. The van der Waals surface area contributed by atoms with E-state index in [4.69, 9.17) is 16.1 Å². The van der Waals surface area contributed by atoms with Crippen molar-refractivity contribution in [2.75, 3.05) is 0 Å². The Bertz CT molecular complexity index is 1070. The highest BCUT2D eigenvalue weighted by molar-refractivity contribution is 7.19. The summed E-state index contributed by atoms with van der Waals surface area (Å²) in [5.41, 5.74) is 1.37. The predicted octanol–water partition coefficient (Wildman–Crippen LogP) is 4.06. The van der Waals surface area contributed by atoms with Crippen LogP contribution in [-0.4, -0.2) is 31.0 Å². The maximum absolute atomic E-state index is 11.3. The van der Waals surface area contributed by atoms with E-state index in [2.05, 4.69) is 15.2 Å². The highest BCUT2D eigenvalue weighted by Crippen LogP contribution is 2.31. The van der Waals surface area contributed by atoms with Crippen LogP contribution in [0.4, 0.5) is 0 Å². The topological polar surface area (TPSA) is 94.0 Å². The number of aromatic nitrogens is 4. The third-order valence-electron chi connectivity index (χ3n) is 3.58. The van der Waals surface area contributed by atoms with Gasteiger partial charge in [-0.25, -0.2) is 14.5 Å². The fraction of sp³-hybridized carbons (Fsp3) is 0.0588. The molecule has 0 saturated carbocycles. The minimum atomic E-state index is -1.19. The number of rotatable bonds is 5. The average Bonchev–Trinajstić information content (AvgIpc) is 3.36. The number of benzene rings is 1. The lowest BCUT2D eigenvalue weighted by atomic mass is 10.2. The number of nitrogens with zero attached hydrogens (tertiary/aromatic N) is 4. The Morgan fingerprint density at radius 3 is 2.73 bits per heavy atom. The van der Waals surface area contributed by atoms with Crippen molar-refractivity contribution in [3.63, 3.8) is 0 Å². The number of thiophene rings is 1. The number of carboxylic acid groups (broad SMARTS) is 1. The molecule has 0 unspecified atom stereocenters. The Kier molecular flexibility index (Phi) is 4.27. The number of halogens is 1. The van der Waals surface area contributed by atoms with E-state index in [1.807, 2.05) is 36.4 Å². The summed E-state index contributed by atoms with van der Waals surface area (Å²) in [5, 5.41) is 17.3. The van der Waals surface area contributed by atoms with Crippen LogP contribution in [0.1, 0.15) is 16.3 Å². The van der Waals surface area contributed by atoms with Crippen molar-refractivity contribution in [3.05, 3.63) is 64.4 Å². The third-order valence-corrected chi connectivity index (χ3v) is 4.83. The summed E-state index contributed by atoms with van der Waals surface area (Å²) in [6.07, 6.45) is 0. The van der Waals surface area contributed by atoms with Crippen LogP contribution in [0.15, 0.2) is 53.1 Å². The van der Waals surface area contributed by atoms with Crippen molar-refractivity contribution in [2.24, 2.45) is 0 Å². The smallest absolute Gasteiger partial charge is 0.375 e. The largest absolute Gasteiger partial charge is 0.475 e. The van der Waals surface area contributed by atoms with E-state index in [1.54, 1.807) is 12.1 Å². The highest BCUT2D eigenvalue weighted by atomic mass is 35.5. The maximum atomic E-state index is 11.3. The molecule has 3 heterocycles. The van der Waals surface area contributed by atoms with Gasteiger partial charge in [-0.2, -0.15) is 0 Å². The molecule has 0 aliphatic carbocycles. The van der Waals surface area contributed by atoms with Gasteiger partial charge in [0, 0.05) is 11.6 Å². The molecule has 1 N–H and O–H groups in total. The van der Waals surface area contributed by atoms with Crippen molar-refractivity contribution in [1.82, 2.24) is 19.9 Å². The van der Waals surface area contributed by atoms with Gasteiger partial charge in [0.1, 0.15) is 5.69 Å². The third kappa shape index (κ3) is 3.24. The molecule has 0 radical (unpaired) electrons. The molecule has 0 saturated heterocycles. The van der Waals surface area contributed by atoms with E-state index in [9.17, 15) is 9.90 Å². The normalized spacial score (nSPS) is 11.0. The quantitative estimate of drug-likeness (QED) is 0.555. The SMILES string of the molecule is O=C(O)c1nc(-c2ccccc2)n(Cc2cc(-c3ccc(Cl)s3)on2)n1. The van der Waals surface area contributed by atoms with Crippen molar-refractivity contribution >= 4 is 28.9 Å². The van der Waals surface area contributed by atoms with Gasteiger partial charge in [0.2, 0.25) is 0 Å². The molecule has 0 fully saturated rings. The summed E-state index contributed by atoms with van der Waals surface area (Å²) in [4.78, 5) is 16.2. The molecule has 1 aromatic carbocycles. The molecule has 9 heteroatoms. The van der Waals surface area contributed by atoms with Crippen LogP contribution in [0.2, 0.25) is 4.34 Å². The monoisotopic (exact) mass is 386 g/mol. The second-order valence-corrected chi connectivity index (χ2v) is 7.09. The Morgan fingerprint density at radius 2 is 2.04 bits per heavy atom. The molecule has 4 rings (SSSR count). The maximum Gasteiger partial charge on any atom is 0.375 e. The van der Waals surface area contributed by atoms with Crippen molar-refractivity contribution in [3.8, 4) is 22.0 Å². The molecule has 0 atom stereocenters. The Balaban J connectivity index is 1.68. The molecular formula is C17H11ClN4O3S. The van der Waals surface area contributed by atoms with Gasteiger partial charge in [-0.05, 0) is 12.1 Å². The molecule has 7 nitrogen and oxygen atoms in total. The average molecular weight is 387 g/mol. The Labute approximate surface area is 156 Å². The van der Waals surface area contributed by atoms with Crippen LogP contribution in [-0.2, 0) is 6.54 Å². The second kappa shape index (κ2) is 6.74. The number of hydrogen-bond acceptors (Lipinski definition) is 6. The van der Waals surface area contributed by atoms with Crippen molar-refractivity contribution < 1.29 is 14.4 Å². The fourth-order valence-electron chi connectivity index (χ4n) is 2.45. The minimum absolute atomic E-state index is 0.229. The Morgan fingerprint density at radius 1 is 1.23 bits per heavy atom. The molecule has 4 aromatic rings. The summed E-state index contributed by atoms with van der Waals surface area (Å²) in [6.45, 7) is 0.229. The first-order valence-corrected chi connectivity index (χ1v) is 8.74. The Hall–Kier alpha value is -2.97. The standard InChI is InChI=1S/C17H11ClN4O3S/c18-14-7-6-13(26-14)12-8-11(21-25-12)9-22-16(10-4-2-1-3-5-10)19-15(20-22)17(23)24/h1-8H,9H2,(H,23,24). The lowest BCUT2D eigenvalue weighted by molar-refractivity contribution is 0.0683. The van der Waals surface area contributed by atoms with Gasteiger partial charge >= 0.3 is 5.97 Å². The first-order valence-electron chi connectivity index (χ1n) is 7.55. The van der Waals surface area contributed by atoms with Gasteiger partial charge in [0.25, 0.3) is 5.82 Å². The first-order chi connectivity index (χ1) is 12.6. The number of carboxylic acids is 1. The van der Waals surface area contributed by atoms with E-state index in [0.29, 0.717) is 21.6 Å². The van der Waals surface area contributed by atoms with E-state index in [-0.39, 0.29) is 12.4 Å². The van der Waals surface area contributed by atoms with Crippen LogP contribution in [0.5, 0.6) is 0 Å². The molecule has 26 heavy (non-hydrogen) atoms. The van der Waals surface area contributed by atoms with Gasteiger partial charge < -0.3 is 9.63 Å².